The Morgan fingerprint density at radius 1 is 0.759 bits per heavy atom. The lowest BCUT2D eigenvalue weighted by Crippen LogP contribution is -2.19. The van der Waals surface area contributed by atoms with Gasteiger partial charge in [-0.3, -0.25) is 0 Å². The Kier molecular flexibility index (Phi) is 7.67. The van der Waals surface area contributed by atoms with Crippen LogP contribution in [0.3, 0.4) is 0 Å². The SMILES string of the molecule is CC1=CN(N=Cc2ccc(N(C)C)cc2)CN1N=Cc1ccc(N(C)C)cc1.Cl. The Bertz CT molecular complexity index is 869. The van der Waals surface area contributed by atoms with Gasteiger partial charge in [0.15, 0.2) is 0 Å². The molecule has 2 aromatic rings. The lowest BCUT2D eigenvalue weighted by atomic mass is 10.2. The summed E-state index contributed by atoms with van der Waals surface area (Å²) in [6, 6.07) is 16.6. The first-order valence-corrected chi connectivity index (χ1v) is 9.28. The molecule has 6 nitrogen and oxygen atoms in total. The normalized spacial score (nSPS) is 13.8. The molecule has 0 unspecified atom stereocenters. The van der Waals surface area contributed by atoms with Gasteiger partial charge in [-0.2, -0.15) is 10.2 Å². The van der Waals surface area contributed by atoms with Crippen molar-refractivity contribution in [3.63, 3.8) is 0 Å². The number of nitrogens with zero attached hydrogens (tertiary/aromatic N) is 6. The topological polar surface area (TPSA) is 37.7 Å². The lowest BCUT2D eigenvalue weighted by molar-refractivity contribution is 0.273. The maximum absolute atomic E-state index is 4.59. The summed E-state index contributed by atoms with van der Waals surface area (Å²) in [5.74, 6) is 0. The third kappa shape index (κ3) is 5.99. The van der Waals surface area contributed by atoms with Crippen LogP contribution in [0.5, 0.6) is 0 Å². The van der Waals surface area contributed by atoms with Gasteiger partial charge in [0.1, 0.15) is 6.67 Å². The van der Waals surface area contributed by atoms with E-state index in [9.17, 15) is 0 Å². The molecule has 2 aromatic carbocycles. The zero-order valence-electron chi connectivity index (χ0n) is 17.6. The Labute approximate surface area is 179 Å². The predicted molar refractivity (Wildman–Crippen MR) is 126 cm³/mol. The van der Waals surface area contributed by atoms with Crippen LogP contribution in [-0.2, 0) is 0 Å². The summed E-state index contributed by atoms with van der Waals surface area (Å²) in [7, 11) is 8.14. The molecule has 154 valence electrons. The minimum absolute atomic E-state index is 0. The van der Waals surface area contributed by atoms with Crippen LogP contribution >= 0.6 is 12.4 Å². The van der Waals surface area contributed by atoms with Gasteiger partial charge < -0.3 is 9.80 Å². The van der Waals surface area contributed by atoms with Gasteiger partial charge in [-0.25, -0.2) is 10.0 Å². The van der Waals surface area contributed by atoms with Crippen LogP contribution in [0.4, 0.5) is 11.4 Å². The van der Waals surface area contributed by atoms with E-state index in [1.54, 1.807) is 0 Å². The standard InChI is InChI=1S/C22H28N6.ClH/c1-18-16-27(23-14-19-6-10-21(11-7-19)25(2)3)17-28(18)24-15-20-8-12-22(13-9-20)26(4)5;/h6-16H,17H2,1-5H3;1H. The Balaban J connectivity index is 0.00000300. The highest BCUT2D eigenvalue weighted by atomic mass is 35.5. The van der Waals surface area contributed by atoms with Crippen LogP contribution in [0.15, 0.2) is 70.6 Å². The number of hydrogen-bond acceptors (Lipinski definition) is 6. The van der Waals surface area contributed by atoms with Crippen molar-refractivity contribution in [1.29, 1.82) is 0 Å². The van der Waals surface area contributed by atoms with Crippen molar-refractivity contribution in [2.24, 2.45) is 10.2 Å². The summed E-state index contributed by atoms with van der Waals surface area (Å²) >= 11 is 0. The first kappa shape index (κ1) is 22.3. The molecule has 0 bridgehead atoms. The van der Waals surface area contributed by atoms with Crippen molar-refractivity contribution in [2.75, 3.05) is 44.7 Å². The number of anilines is 2. The number of hydrazone groups is 2. The van der Waals surface area contributed by atoms with Gasteiger partial charge in [0.05, 0.1) is 18.1 Å². The maximum Gasteiger partial charge on any atom is 0.133 e. The van der Waals surface area contributed by atoms with Crippen LogP contribution in [0.25, 0.3) is 0 Å². The Morgan fingerprint density at radius 3 is 1.66 bits per heavy atom. The van der Waals surface area contributed by atoms with Gasteiger partial charge in [0, 0.05) is 45.8 Å². The van der Waals surface area contributed by atoms with Gasteiger partial charge in [-0.15, -0.1) is 12.4 Å². The molecule has 0 spiro atoms. The van der Waals surface area contributed by atoms with Crippen molar-refractivity contribution >= 4 is 36.2 Å². The summed E-state index contributed by atoms with van der Waals surface area (Å²) in [5, 5.41) is 13.0. The van der Waals surface area contributed by atoms with Crippen LogP contribution in [0.1, 0.15) is 18.1 Å². The quantitative estimate of drug-likeness (QED) is 0.671. The molecule has 0 aliphatic carbocycles. The zero-order valence-corrected chi connectivity index (χ0v) is 18.5. The Hall–Kier alpha value is -2.99. The van der Waals surface area contributed by atoms with Crippen molar-refractivity contribution < 1.29 is 0 Å². The summed E-state index contributed by atoms with van der Waals surface area (Å²) in [6.45, 7) is 2.64. The molecule has 0 N–H and O–H groups in total. The average molecular weight is 413 g/mol. The smallest absolute Gasteiger partial charge is 0.133 e. The van der Waals surface area contributed by atoms with E-state index in [2.05, 4.69) is 68.5 Å². The largest absolute Gasteiger partial charge is 0.378 e. The van der Waals surface area contributed by atoms with E-state index < -0.39 is 0 Å². The van der Waals surface area contributed by atoms with E-state index in [-0.39, 0.29) is 12.4 Å². The molecule has 0 atom stereocenters. The molecule has 7 heteroatoms. The monoisotopic (exact) mass is 412 g/mol. The predicted octanol–water partition coefficient (Wildman–Crippen LogP) is 4.04. The highest BCUT2D eigenvalue weighted by molar-refractivity contribution is 5.85. The number of hydrogen-bond donors (Lipinski definition) is 0. The Morgan fingerprint density at radius 2 is 1.21 bits per heavy atom. The van der Waals surface area contributed by atoms with E-state index in [1.807, 2.05) is 63.8 Å². The van der Waals surface area contributed by atoms with Crippen LogP contribution in [-0.4, -0.2) is 57.3 Å². The molecule has 0 aromatic heterocycles. The number of allylic oxidation sites excluding steroid dienone is 1. The summed E-state index contributed by atoms with van der Waals surface area (Å²) in [4.78, 5) is 4.16. The molecule has 0 amide bonds. The fraction of sp³-hybridized carbons (Fsp3) is 0.273. The molecule has 0 fully saturated rings. The fourth-order valence-electron chi connectivity index (χ4n) is 2.76. The van der Waals surface area contributed by atoms with Crippen molar-refractivity contribution in [3.05, 3.63) is 71.6 Å². The molecular weight excluding hydrogens is 384 g/mol. The highest BCUT2D eigenvalue weighted by Crippen LogP contribution is 2.17. The van der Waals surface area contributed by atoms with E-state index in [1.165, 1.54) is 11.4 Å². The molecule has 1 heterocycles. The summed E-state index contributed by atoms with van der Waals surface area (Å²) in [5.41, 5.74) is 5.55. The molecule has 29 heavy (non-hydrogen) atoms. The average Bonchev–Trinajstić information content (AvgIpc) is 3.05. The summed E-state index contributed by atoms with van der Waals surface area (Å²) < 4.78 is 0. The second kappa shape index (κ2) is 9.98. The molecule has 0 saturated heterocycles. The zero-order chi connectivity index (χ0) is 20.1. The van der Waals surface area contributed by atoms with Gasteiger partial charge >= 0.3 is 0 Å². The first-order chi connectivity index (χ1) is 13.4. The van der Waals surface area contributed by atoms with Crippen LogP contribution in [0.2, 0.25) is 0 Å². The van der Waals surface area contributed by atoms with Crippen molar-refractivity contribution in [1.82, 2.24) is 10.0 Å². The third-order valence-corrected chi connectivity index (χ3v) is 4.54. The first-order valence-electron chi connectivity index (χ1n) is 9.28. The van der Waals surface area contributed by atoms with Gasteiger partial charge in [-0.1, -0.05) is 24.3 Å². The minimum Gasteiger partial charge on any atom is -0.378 e. The summed E-state index contributed by atoms with van der Waals surface area (Å²) in [6.07, 6.45) is 5.75. The van der Waals surface area contributed by atoms with Gasteiger partial charge in [-0.05, 0) is 42.3 Å². The minimum atomic E-state index is 0. The van der Waals surface area contributed by atoms with Gasteiger partial charge in [0.2, 0.25) is 0 Å². The van der Waals surface area contributed by atoms with E-state index >= 15 is 0 Å². The molecule has 3 rings (SSSR count). The molecule has 1 aliphatic rings. The van der Waals surface area contributed by atoms with Crippen LogP contribution in [0, 0.1) is 0 Å². The second-order valence-electron chi connectivity index (χ2n) is 7.21. The lowest BCUT2D eigenvalue weighted by Gasteiger charge is -2.15. The van der Waals surface area contributed by atoms with Gasteiger partial charge in [0.25, 0.3) is 0 Å². The molecule has 1 aliphatic heterocycles. The molecule has 0 saturated carbocycles. The van der Waals surface area contributed by atoms with Crippen LogP contribution < -0.4 is 9.80 Å². The van der Waals surface area contributed by atoms with E-state index in [4.69, 9.17) is 0 Å². The molecule has 0 radical (unpaired) electrons. The number of benzene rings is 2. The van der Waals surface area contributed by atoms with Crippen molar-refractivity contribution in [2.45, 2.75) is 6.92 Å². The third-order valence-electron chi connectivity index (χ3n) is 4.54. The number of halogens is 1. The van der Waals surface area contributed by atoms with E-state index in [0.717, 1.165) is 16.8 Å². The highest BCUT2D eigenvalue weighted by Gasteiger charge is 2.15. The number of rotatable bonds is 6. The fourth-order valence-corrected chi connectivity index (χ4v) is 2.76. The maximum atomic E-state index is 4.59. The second-order valence-corrected chi connectivity index (χ2v) is 7.21. The molecular formula is C22H29ClN6. The van der Waals surface area contributed by atoms with E-state index in [0.29, 0.717) is 6.67 Å². The van der Waals surface area contributed by atoms with Crippen molar-refractivity contribution in [3.8, 4) is 0 Å².